The number of hydrogen-bond donors (Lipinski definition) is 0. The van der Waals surface area contributed by atoms with Gasteiger partial charge >= 0.3 is 0 Å². The lowest BCUT2D eigenvalue weighted by Crippen LogP contribution is -2.47. The Kier molecular flexibility index (Phi) is 6.76. The summed E-state index contributed by atoms with van der Waals surface area (Å²) in [5.74, 6) is 3.16. The molecule has 0 aromatic heterocycles. The Labute approximate surface area is 190 Å². The van der Waals surface area contributed by atoms with Crippen molar-refractivity contribution < 1.29 is 4.43 Å². The van der Waals surface area contributed by atoms with Crippen LogP contribution in [0.15, 0.2) is 22.7 Å². The van der Waals surface area contributed by atoms with Gasteiger partial charge in [0.15, 0.2) is 8.32 Å². The third kappa shape index (κ3) is 4.67. The molecule has 0 N–H and O–H groups in total. The van der Waals surface area contributed by atoms with Gasteiger partial charge in [-0.2, -0.15) is 0 Å². The first-order valence-corrected chi connectivity index (χ1v) is 15.8. The maximum absolute atomic E-state index is 6.86. The molecule has 1 unspecified atom stereocenters. The van der Waals surface area contributed by atoms with Crippen LogP contribution in [-0.2, 0) is 4.43 Å². The molecule has 0 saturated heterocycles. The fourth-order valence-electron chi connectivity index (χ4n) is 6.76. The molecule has 3 rings (SSSR count). The zero-order chi connectivity index (χ0) is 21.7. The lowest BCUT2D eigenvalue weighted by Gasteiger charge is -2.45. The third-order valence-electron chi connectivity index (χ3n) is 9.22. The molecule has 0 amide bonds. The van der Waals surface area contributed by atoms with Crippen LogP contribution in [0.1, 0.15) is 86.5 Å². The van der Waals surface area contributed by atoms with Crippen LogP contribution in [0.2, 0.25) is 18.1 Å². The van der Waals surface area contributed by atoms with Crippen LogP contribution in [0.5, 0.6) is 0 Å². The smallest absolute Gasteiger partial charge is 0.193 e. The fraction of sp³-hybridized carbons (Fsp3) is 0.846. The van der Waals surface area contributed by atoms with Crippen molar-refractivity contribution in [2.75, 3.05) is 0 Å². The van der Waals surface area contributed by atoms with Crippen LogP contribution in [0.3, 0.4) is 0 Å². The average molecular weight is 482 g/mol. The van der Waals surface area contributed by atoms with Crippen molar-refractivity contribution in [3.05, 3.63) is 22.7 Å². The third-order valence-corrected chi connectivity index (χ3v) is 14.4. The summed E-state index contributed by atoms with van der Waals surface area (Å²) in [6.07, 6.45) is 14.3. The Balaban J connectivity index is 1.63. The van der Waals surface area contributed by atoms with Crippen LogP contribution in [-0.4, -0.2) is 13.9 Å². The maximum atomic E-state index is 6.86. The molecule has 2 saturated carbocycles. The zero-order valence-electron chi connectivity index (χ0n) is 20.3. The quantitative estimate of drug-likeness (QED) is 0.281. The van der Waals surface area contributed by atoms with Crippen molar-refractivity contribution in [3.63, 3.8) is 0 Å². The van der Waals surface area contributed by atoms with Gasteiger partial charge in [0.25, 0.3) is 0 Å². The van der Waals surface area contributed by atoms with E-state index in [1.807, 2.05) is 0 Å². The van der Waals surface area contributed by atoms with Gasteiger partial charge in [0, 0.05) is 0 Å². The van der Waals surface area contributed by atoms with E-state index in [-0.39, 0.29) is 10.6 Å². The van der Waals surface area contributed by atoms with E-state index in [1.54, 1.807) is 5.57 Å². The largest absolute Gasteiger partial charge is 0.408 e. The van der Waals surface area contributed by atoms with Crippen molar-refractivity contribution in [2.45, 2.75) is 110 Å². The van der Waals surface area contributed by atoms with Crippen LogP contribution >= 0.6 is 15.9 Å². The summed E-state index contributed by atoms with van der Waals surface area (Å²) in [6.45, 7) is 19.3. The summed E-state index contributed by atoms with van der Waals surface area (Å²) in [7, 11) is -1.75. The second kappa shape index (κ2) is 8.24. The zero-order valence-corrected chi connectivity index (χ0v) is 22.9. The van der Waals surface area contributed by atoms with Gasteiger partial charge in [-0.15, -0.1) is 0 Å². The molecule has 0 aliphatic heterocycles. The predicted molar refractivity (Wildman–Crippen MR) is 133 cm³/mol. The van der Waals surface area contributed by atoms with Crippen molar-refractivity contribution in [1.82, 2.24) is 0 Å². The number of fused-ring (bicyclic) bond motifs is 1. The molecule has 0 aromatic carbocycles. The Morgan fingerprint density at radius 2 is 1.97 bits per heavy atom. The summed E-state index contributed by atoms with van der Waals surface area (Å²) in [5, 5.41) is 0.268. The van der Waals surface area contributed by atoms with Gasteiger partial charge in [-0.25, -0.2) is 0 Å². The molecular weight excluding hydrogens is 436 g/mol. The van der Waals surface area contributed by atoms with Crippen LogP contribution in [0, 0.1) is 29.1 Å². The van der Waals surface area contributed by atoms with Gasteiger partial charge < -0.3 is 4.43 Å². The Hall–Kier alpha value is 0.137. The molecule has 6 atom stereocenters. The Morgan fingerprint density at radius 1 is 1.28 bits per heavy atom. The molecule has 166 valence electrons. The van der Waals surface area contributed by atoms with Crippen molar-refractivity contribution >= 4 is 24.2 Å². The Bertz CT molecular complexity index is 660. The maximum Gasteiger partial charge on any atom is 0.193 e. The van der Waals surface area contributed by atoms with Gasteiger partial charge in [-0.05, 0) is 104 Å². The monoisotopic (exact) mass is 480 g/mol. The molecule has 2 fully saturated rings. The van der Waals surface area contributed by atoms with E-state index in [0.717, 1.165) is 17.8 Å². The second-order valence-electron chi connectivity index (χ2n) is 12.5. The molecule has 29 heavy (non-hydrogen) atoms. The summed E-state index contributed by atoms with van der Waals surface area (Å²) < 4.78 is 6.86. The highest BCUT2D eigenvalue weighted by atomic mass is 79.9. The van der Waals surface area contributed by atoms with Gasteiger partial charge in [0.05, 0.1) is 5.60 Å². The lowest BCUT2D eigenvalue weighted by atomic mass is 9.61. The van der Waals surface area contributed by atoms with E-state index in [1.165, 1.54) is 44.9 Å². The SMILES string of the molecule is C[C@H](C[C@H]1C=C[C@@](C)(O[Si](C)(C)C(C)(C)C)C1)[C@H]1CCC2/C(=C/Br)CCC[C@@]21C. The highest BCUT2D eigenvalue weighted by molar-refractivity contribution is 9.11. The number of rotatable bonds is 5. The highest BCUT2D eigenvalue weighted by Gasteiger charge is 2.51. The van der Waals surface area contributed by atoms with Crippen molar-refractivity contribution in [1.29, 1.82) is 0 Å². The van der Waals surface area contributed by atoms with Gasteiger partial charge in [0.1, 0.15) is 0 Å². The molecule has 0 bridgehead atoms. The molecule has 0 radical (unpaired) electrons. The van der Waals surface area contributed by atoms with Crippen LogP contribution in [0.25, 0.3) is 0 Å². The molecule has 3 aliphatic rings. The predicted octanol–water partition coefficient (Wildman–Crippen LogP) is 8.86. The minimum absolute atomic E-state index is 0.0633. The first-order chi connectivity index (χ1) is 13.3. The van der Waals surface area contributed by atoms with E-state index in [0.29, 0.717) is 11.3 Å². The van der Waals surface area contributed by atoms with Gasteiger partial charge in [0.2, 0.25) is 0 Å². The molecule has 3 aliphatic carbocycles. The molecule has 0 heterocycles. The van der Waals surface area contributed by atoms with E-state index >= 15 is 0 Å². The molecule has 3 heteroatoms. The molecule has 0 spiro atoms. The molecule has 1 nitrogen and oxygen atoms in total. The highest BCUT2D eigenvalue weighted by Crippen LogP contribution is 2.60. The van der Waals surface area contributed by atoms with Crippen molar-refractivity contribution in [2.24, 2.45) is 29.1 Å². The second-order valence-corrected chi connectivity index (χ2v) is 17.7. The van der Waals surface area contributed by atoms with E-state index in [2.05, 4.69) is 87.7 Å². The minimum atomic E-state index is -1.75. The van der Waals surface area contributed by atoms with Crippen LogP contribution in [0.4, 0.5) is 0 Å². The minimum Gasteiger partial charge on any atom is -0.408 e. The number of hydrogen-bond acceptors (Lipinski definition) is 1. The van der Waals surface area contributed by atoms with Gasteiger partial charge in [-0.1, -0.05) is 68.3 Å². The first-order valence-electron chi connectivity index (χ1n) is 12.0. The van der Waals surface area contributed by atoms with Crippen LogP contribution < -0.4 is 0 Å². The van der Waals surface area contributed by atoms with Crippen molar-refractivity contribution in [3.8, 4) is 0 Å². The van der Waals surface area contributed by atoms with E-state index < -0.39 is 8.32 Å². The summed E-state index contributed by atoms with van der Waals surface area (Å²) >= 11 is 3.67. The average Bonchev–Trinajstić information content (AvgIpc) is 3.12. The van der Waals surface area contributed by atoms with E-state index in [9.17, 15) is 0 Å². The standard InChI is InChI=1S/C26H45BrOSi/c1-19(22-11-12-23-21(18-27)10-9-14-26(22,23)6)16-20-13-15-25(5,17-20)28-29(7,8)24(2,3)4/h13,15,18-20,22-23H,9-12,14,16-17H2,1-8H3/b21-18+/t19-,20-,22-,23?,25-,26-/m1/s1. The normalized spacial score (nSPS) is 40.4. The summed E-state index contributed by atoms with van der Waals surface area (Å²) in [5.41, 5.74) is 2.14. The van der Waals surface area contributed by atoms with Gasteiger partial charge in [-0.3, -0.25) is 0 Å². The summed E-state index contributed by atoms with van der Waals surface area (Å²) in [6, 6.07) is 0. The topological polar surface area (TPSA) is 9.23 Å². The van der Waals surface area contributed by atoms with E-state index in [4.69, 9.17) is 4.43 Å². The number of allylic oxidation sites excluding steroid dienone is 2. The number of halogens is 1. The fourth-order valence-corrected chi connectivity index (χ4v) is 8.93. The molecular formula is C26H45BrOSi. The lowest BCUT2D eigenvalue weighted by molar-refractivity contribution is 0.0791. The summed E-state index contributed by atoms with van der Waals surface area (Å²) in [4.78, 5) is 2.26. The molecule has 0 aromatic rings. The first kappa shape index (κ1) is 23.8. The Morgan fingerprint density at radius 3 is 2.59 bits per heavy atom.